The zero-order valence-electron chi connectivity index (χ0n) is 7.43. The Hall–Kier alpha value is -0.610. The molecular formula is C8H16N2O2. The molecule has 0 atom stereocenters. The highest BCUT2D eigenvalue weighted by Crippen LogP contribution is 2.31. The van der Waals surface area contributed by atoms with Crippen LogP contribution in [0.4, 0.5) is 0 Å². The maximum Gasteiger partial charge on any atom is 0.237 e. The van der Waals surface area contributed by atoms with Gasteiger partial charge in [-0.15, -0.1) is 0 Å². The molecule has 0 spiro atoms. The number of methoxy groups -OCH3 is 1. The number of hydrogen-bond donors (Lipinski definition) is 2. The molecule has 0 aromatic heterocycles. The van der Waals surface area contributed by atoms with Gasteiger partial charge in [-0.1, -0.05) is 0 Å². The van der Waals surface area contributed by atoms with Crippen LogP contribution in [0.2, 0.25) is 0 Å². The lowest BCUT2D eigenvalue weighted by Crippen LogP contribution is -2.60. The predicted molar refractivity (Wildman–Crippen MR) is 45.7 cm³/mol. The van der Waals surface area contributed by atoms with Crippen molar-refractivity contribution in [2.45, 2.75) is 24.8 Å². The Morgan fingerprint density at radius 1 is 1.67 bits per heavy atom. The summed E-state index contributed by atoms with van der Waals surface area (Å²) in [5.41, 5.74) is 4.85. The summed E-state index contributed by atoms with van der Waals surface area (Å²) in [6.07, 6.45) is 2.82. The van der Waals surface area contributed by atoms with Crippen molar-refractivity contribution in [2.75, 3.05) is 20.3 Å². The van der Waals surface area contributed by atoms with Crippen LogP contribution in [-0.4, -0.2) is 31.7 Å². The first-order valence-corrected chi connectivity index (χ1v) is 4.25. The number of hydrogen-bond acceptors (Lipinski definition) is 3. The van der Waals surface area contributed by atoms with Gasteiger partial charge in [0.15, 0.2) is 0 Å². The zero-order chi connectivity index (χ0) is 9.03. The summed E-state index contributed by atoms with van der Waals surface area (Å²) < 4.78 is 4.87. The lowest BCUT2D eigenvalue weighted by atomic mass is 9.76. The smallest absolute Gasteiger partial charge is 0.237 e. The van der Waals surface area contributed by atoms with Gasteiger partial charge in [-0.3, -0.25) is 4.79 Å². The quantitative estimate of drug-likeness (QED) is 0.556. The summed E-state index contributed by atoms with van der Waals surface area (Å²) in [7, 11) is 1.64. The van der Waals surface area contributed by atoms with Gasteiger partial charge in [-0.05, 0) is 19.3 Å². The highest BCUT2D eigenvalue weighted by molar-refractivity contribution is 5.85. The Labute approximate surface area is 72.5 Å². The fraction of sp³-hybridized carbons (Fsp3) is 0.875. The molecule has 1 amide bonds. The number of carbonyl (C=O) groups is 1. The van der Waals surface area contributed by atoms with Crippen LogP contribution in [0.15, 0.2) is 0 Å². The van der Waals surface area contributed by atoms with E-state index in [4.69, 9.17) is 10.5 Å². The monoisotopic (exact) mass is 172 g/mol. The molecule has 0 heterocycles. The number of ether oxygens (including phenoxy) is 1. The van der Waals surface area contributed by atoms with Crippen molar-refractivity contribution in [3.05, 3.63) is 0 Å². The zero-order valence-corrected chi connectivity index (χ0v) is 7.43. The highest BCUT2D eigenvalue weighted by atomic mass is 16.5. The summed E-state index contributed by atoms with van der Waals surface area (Å²) in [5, 5.41) is 3.13. The minimum atomic E-state index is -0.418. The maximum absolute atomic E-state index is 11.0. The molecule has 70 valence electrons. The average molecular weight is 172 g/mol. The predicted octanol–water partition coefficient (Wildman–Crippen LogP) is -0.370. The molecule has 12 heavy (non-hydrogen) atoms. The second-order valence-corrected chi connectivity index (χ2v) is 3.22. The van der Waals surface area contributed by atoms with Crippen LogP contribution in [0.1, 0.15) is 19.3 Å². The van der Waals surface area contributed by atoms with Crippen LogP contribution in [0, 0.1) is 0 Å². The molecule has 0 saturated heterocycles. The lowest BCUT2D eigenvalue weighted by molar-refractivity contribution is -0.127. The molecule has 1 rings (SSSR count). The Morgan fingerprint density at radius 3 is 2.67 bits per heavy atom. The third kappa shape index (κ3) is 1.76. The van der Waals surface area contributed by atoms with E-state index >= 15 is 0 Å². The molecule has 0 aromatic carbocycles. The third-order valence-electron chi connectivity index (χ3n) is 2.45. The van der Waals surface area contributed by atoms with Crippen LogP contribution in [-0.2, 0) is 9.53 Å². The van der Waals surface area contributed by atoms with Gasteiger partial charge in [0, 0.05) is 13.7 Å². The highest BCUT2D eigenvalue weighted by Gasteiger charge is 2.41. The first kappa shape index (κ1) is 9.48. The Morgan fingerprint density at radius 2 is 2.33 bits per heavy atom. The number of nitrogens with one attached hydrogen (secondary N) is 1. The van der Waals surface area contributed by atoms with Crippen molar-refractivity contribution in [1.29, 1.82) is 0 Å². The van der Waals surface area contributed by atoms with E-state index in [1.807, 2.05) is 0 Å². The Balaban J connectivity index is 2.30. The van der Waals surface area contributed by atoms with Crippen LogP contribution >= 0.6 is 0 Å². The molecule has 0 aromatic rings. The molecule has 1 saturated carbocycles. The summed E-state index contributed by atoms with van der Waals surface area (Å²) in [6, 6.07) is 0. The fourth-order valence-corrected chi connectivity index (χ4v) is 1.43. The summed E-state index contributed by atoms with van der Waals surface area (Å²) in [6.45, 7) is 1.31. The van der Waals surface area contributed by atoms with Crippen molar-refractivity contribution in [2.24, 2.45) is 5.73 Å². The van der Waals surface area contributed by atoms with Crippen molar-refractivity contribution in [3.8, 4) is 0 Å². The molecule has 1 aliphatic carbocycles. The molecule has 4 nitrogen and oxygen atoms in total. The second-order valence-electron chi connectivity index (χ2n) is 3.22. The van der Waals surface area contributed by atoms with Gasteiger partial charge in [-0.25, -0.2) is 0 Å². The van der Waals surface area contributed by atoms with Crippen LogP contribution in [0.25, 0.3) is 0 Å². The molecule has 0 unspecified atom stereocenters. The van der Waals surface area contributed by atoms with E-state index in [0.717, 1.165) is 19.3 Å². The molecule has 0 radical (unpaired) electrons. The van der Waals surface area contributed by atoms with E-state index in [9.17, 15) is 4.79 Å². The number of primary amides is 1. The fourth-order valence-electron chi connectivity index (χ4n) is 1.43. The Kier molecular flexibility index (Phi) is 3.05. The van der Waals surface area contributed by atoms with E-state index in [1.54, 1.807) is 7.11 Å². The number of carbonyl (C=O) groups excluding carboxylic acids is 1. The van der Waals surface area contributed by atoms with E-state index in [-0.39, 0.29) is 5.91 Å². The van der Waals surface area contributed by atoms with Gasteiger partial charge in [0.2, 0.25) is 5.91 Å². The minimum absolute atomic E-state index is 0.232. The lowest BCUT2D eigenvalue weighted by Gasteiger charge is -2.39. The number of nitrogens with two attached hydrogens (primary N) is 1. The van der Waals surface area contributed by atoms with E-state index in [2.05, 4.69) is 5.32 Å². The van der Waals surface area contributed by atoms with Crippen LogP contribution < -0.4 is 11.1 Å². The minimum Gasteiger partial charge on any atom is -0.383 e. The second kappa shape index (κ2) is 3.87. The van der Waals surface area contributed by atoms with Gasteiger partial charge < -0.3 is 15.8 Å². The molecule has 4 heteroatoms. The molecule has 0 bridgehead atoms. The van der Waals surface area contributed by atoms with Gasteiger partial charge in [0.1, 0.15) is 0 Å². The van der Waals surface area contributed by atoms with E-state index < -0.39 is 5.54 Å². The number of amides is 1. The standard InChI is InChI=1S/C8H16N2O2/c1-12-6-5-10-8(7(9)11)3-2-4-8/h10H,2-6H2,1H3,(H2,9,11). The molecule has 0 aliphatic heterocycles. The molecular weight excluding hydrogens is 156 g/mol. The largest absolute Gasteiger partial charge is 0.383 e. The van der Waals surface area contributed by atoms with Crippen LogP contribution in [0.5, 0.6) is 0 Å². The van der Waals surface area contributed by atoms with Crippen molar-refractivity contribution < 1.29 is 9.53 Å². The van der Waals surface area contributed by atoms with Crippen molar-refractivity contribution in [1.82, 2.24) is 5.32 Å². The van der Waals surface area contributed by atoms with Gasteiger partial charge in [0.05, 0.1) is 12.1 Å². The summed E-state index contributed by atoms with van der Waals surface area (Å²) >= 11 is 0. The molecule has 3 N–H and O–H groups in total. The number of rotatable bonds is 5. The summed E-state index contributed by atoms with van der Waals surface area (Å²) in [4.78, 5) is 11.0. The third-order valence-corrected chi connectivity index (χ3v) is 2.45. The van der Waals surface area contributed by atoms with E-state index in [1.165, 1.54) is 0 Å². The van der Waals surface area contributed by atoms with Crippen LogP contribution in [0.3, 0.4) is 0 Å². The van der Waals surface area contributed by atoms with Crippen molar-refractivity contribution in [3.63, 3.8) is 0 Å². The van der Waals surface area contributed by atoms with Gasteiger partial charge in [-0.2, -0.15) is 0 Å². The van der Waals surface area contributed by atoms with E-state index in [0.29, 0.717) is 13.2 Å². The molecule has 1 fully saturated rings. The first-order valence-electron chi connectivity index (χ1n) is 4.25. The normalized spacial score (nSPS) is 20.1. The van der Waals surface area contributed by atoms with Gasteiger partial charge in [0.25, 0.3) is 0 Å². The topological polar surface area (TPSA) is 64.3 Å². The SMILES string of the molecule is COCCNC1(C(N)=O)CCC1. The van der Waals surface area contributed by atoms with Gasteiger partial charge >= 0.3 is 0 Å². The molecule has 1 aliphatic rings. The maximum atomic E-state index is 11.0. The first-order chi connectivity index (χ1) is 5.71. The average Bonchev–Trinajstić information content (AvgIpc) is 1.94. The van der Waals surface area contributed by atoms with Crippen molar-refractivity contribution >= 4 is 5.91 Å². The summed E-state index contributed by atoms with van der Waals surface area (Å²) in [5.74, 6) is -0.232. The Bertz CT molecular complexity index is 166.